The van der Waals surface area contributed by atoms with E-state index >= 15 is 0 Å². The third kappa shape index (κ3) is 3.72. The lowest BCUT2D eigenvalue weighted by atomic mass is 9.83. The lowest BCUT2D eigenvalue weighted by Gasteiger charge is -2.24. The lowest BCUT2D eigenvalue weighted by molar-refractivity contribution is 0.305. The van der Waals surface area contributed by atoms with Crippen LogP contribution >= 0.6 is 0 Å². The van der Waals surface area contributed by atoms with Gasteiger partial charge in [-0.3, -0.25) is 5.10 Å². The SMILES string of the molecule is CCCc1[nH]nc2c1[C@H](c1ccc(OCc3cccc(F)c3)cc1)C(C#N)=C(N)O2. The molecule has 2 aromatic carbocycles. The first-order valence-corrected chi connectivity index (χ1v) is 9.72. The van der Waals surface area contributed by atoms with E-state index < -0.39 is 0 Å². The van der Waals surface area contributed by atoms with Crippen molar-refractivity contribution in [3.8, 4) is 17.7 Å². The summed E-state index contributed by atoms with van der Waals surface area (Å²) in [6.07, 6.45) is 1.71. The predicted octanol–water partition coefficient (Wildman–Crippen LogP) is 4.30. The number of benzene rings is 2. The molecule has 0 fully saturated rings. The van der Waals surface area contributed by atoms with Gasteiger partial charge in [0.05, 0.1) is 5.92 Å². The molecule has 0 unspecified atom stereocenters. The molecule has 1 aliphatic heterocycles. The number of ether oxygens (including phenoxy) is 2. The van der Waals surface area contributed by atoms with Gasteiger partial charge >= 0.3 is 0 Å². The molecule has 0 bridgehead atoms. The average Bonchev–Trinajstić information content (AvgIpc) is 3.14. The molecule has 2 heterocycles. The first kappa shape index (κ1) is 19.5. The van der Waals surface area contributed by atoms with Crippen LogP contribution in [0.2, 0.25) is 0 Å². The molecule has 1 atom stereocenters. The van der Waals surface area contributed by atoms with Crippen molar-refractivity contribution in [2.24, 2.45) is 5.73 Å². The summed E-state index contributed by atoms with van der Waals surface area (Å²) < 4.78 is 24.7. The molecule has 0 aliphatic carbocycles. The summed E-state index contributed by atoms with van der Waals surface area (Å²) in [6.45, 7) is 2.34. The molecule has 6 nitrogen and oxygen atoms in total. The van der Waals surface area contributed by atoms with Crippen LogP contribution in [0.4, 0.5) is 4.39 Å². The summed E-state index contributed by atoms with van der Waals surface area (Å²) in [5.41, 5.74) is 9.76. The topological polar surface area (TPSA) is 97.0 Å². The number of hydrogen-bond acceptors (Lipinski definition) is 5. The van der Waals surface area contributed by atoms with Gasteiger partial charge in [-0.15, -0.1) is 5.10 Å². The summed E-state index contributed by atoms with van der Waals surface area (Å²) in [5.74, 6) is 0.462. The molecule has 3 N–H and O–H groups in total. The number of aryl methyl sites for hydroxylation is 1. The second-order valence-electron chi connectivity index (χ2n) is 7.08. The summed E-state index contributed by atoms with van der Waals surface area (Å²) in [7, 11) is 0. The Labute approximate surface area is 173 Å². The maximum absolute atomic E-state index is 13.3. The molecule has 1 aromatic heterocycles. The van der Waals surface area contributed by atoms with Crippen LogP contribution in [0.3, 0.4) is 0 Å². The standard InChI is InChI=1S/C23H21FN4O2/c1-2-4-19-21-20(18(12-25)22(26)30-23(21)28-27-19)15-7-9-17(10-8-15)29-13-14-5-3-6-16(24)11-14/h3,5-11,20H,2,4,13,26H2,1H3,(H,27,28)/t20-/m1/s1. The van der Waals surface area contributed by atoms with E-state index in [1.165, 1.54) is 12.1 Å². The third-order valence-electron chi connectivity index (χ3n) is 5.03. The van der Waals surface area contributed by atoms with Crippen molar-refractivity contribution >= 4 is 0 Å². The average molecular weight is 404 g/mol. The first-order valence-electron chi connectivity index (χ1n) is 9.72. The number of allylic oxidation sites excluding steroid dienone is 1. The number of nitrogens with one attached hydrogen (secondary N) is 1. The molecule has 0 amide bonds. The number of aromatic nitrogens is 2. The number of rotatable bonds is 6. The highest BCUT2D eigenvalue weighted by Crippen LogP contribution is 2.43. The Bertz CT molecular complexity index is 1130. The van der Waals surface area contributed by atoms with E-state index in [4.69, 9.17) is 15.2 Å². The van der Waals surface area contributed by atoms with Gasteiger partial charge in [-0.1, -0.05) is 37.6 Å². The van der Waals surface area contributed by atoms with Crippen LogP contribution in [0, 0.1) is 17.1 Å². The molecule has 3 aromatic rings. The third-order valence-corrected chi connectivity index (χ3v) is 5.03. The van der Waals surface area contributed by atoms with Crippen LogP contribution in [-0.4, -0.2) is 10.2 Å². The minimum absolute atomic E-state index is 0.0657. The maximum atomic E-state index is 13.3. The van der Waals surface area contributed by atoms with Crippen LogP contribution < -0.4 is 15.2 Å². The van der Waals surface area contributed by atoms with Gasteiger partial charge in [0, 0.05) is 11.3 Å². The highest BCUT2D eigenvalue weighted by atomic mass is 19.1. The number of aromatic amines is 1. The Morgan fingerprint density at radius 2 is 2.07 bits per heavy atom. The van der Waals surface area contributed by atoms with Crippen molar-refractivity contribution < 1.29 is 13.9 Å². The summed E-state index contributed by atoms with van der Waals surface area (Å²) in [6, 6.07) is 15.9. The number of fused-ring (bicyclic) bond motifs is 1. The van der Waals surface area contributed by atoms with Crippen molar-refractivity contribution in [1.29, 1.82) is 5.26 Å². The quantitative estimate of drug-likeness (QED) is 0.638. The van der Waals surface area contributed by atoms with Crippen LogP contribution in [0.5, 0.6) is 11.6 Å². The minimum atomic E-state index is -0.365. The fraction of sp³-hybridized carbons (Fsp3) is 0.217. The van der Waals surface area contributed by atoms with E-state index in [-0.39, 0.29) is 24.2 Å². The molecule has 0 radical (unpaired) electrons. The van der Waals surface area contributed by atoms with Crippen molar-refractivity contribution in [2.45, 2.75) is 32.3 Å². The Kier molecular flexibility index (Phi) is 5.40. The van der Waals surface area contributed by atoms with Crippen LogP contribution in [0.25, 0.3) is 0 Å². The lowest BCUT2D eigenvalue weighted by Crippen LogP contribution is -2.21. The molecule has 0 saturated heterocycles. The van der Waals surface area contributed by atoms with E-state index in [1.54, 1.807) is 6.07 Å². The summed E-state index contributed by atoms with van der Waals surface area (Å²) >= 11 is 0. The predicted molar refractivity (Wildman–Crippen MR) is 109 cm³/mol. The fourth-order valence-corrected chi connectivity index (χ4v) is 3.63. The highest BCUT2D eigenvalue weighted by Gasteiger charge is 2.34. The van der Waals surface area contributed by atoms with Gasteiger partial charge in [-0.25, -0.2) is 4.39 Å². The molecule has 4 rings (SSSR count). The van der Waals surface area contributed by atoms with Gasteiger partial charge in [-0.2, -0.15) is 5.26 Å². The van der Waals surface area contributed by atoms with E-state index in [9.17, 15) is 9.65 Å². The van der Waals surface area contributed by atoms with Crippen molar-refractivity contribution in [1.82, 2.24) is 10.2 Å². The Hall–Kier alpha value is -3.79. The second kappa shape index (κ2) is 8.29. The van der Waals surface area contributed by atoms with Gasteiger partial charge < -0.3 is 15.2 Å². The molecule has 1 aliphatic rings. The van der Waals surface area contributed by atoms with Gasteiger partial charge in [0.15, 0.2) is 0 Å². The van der Waals surface area contributed by atoms with Gasteiger partial charge in [0.2, 0.25) is 11.8 Å². The molecule has 0 saturated carbocycles. The first-order chi connectivity index (χ1) is 14.6. The number of halogens is 1. The fourth-order valence-electron chi connectivity index (χ4n) is 3.63. The van der Waals surface area contributed by atoms with Gasteiger partial charge in [0.1, 0.15) is 29.8 Å². The summed E-state index contributed by atoms with van der Waals surface area (Å²) in [4.78, 5) is 0. The Morgan fingerprint density at radius 1 is 1.27 bits per heavy atom. The largest absolute Gasteiger partial charge is 0.489 e. The minimum Gasteiger partial charge on any atom is -0.489 e. The second-order valence-corrected chi connectivity index (χ2v) is 7.08. The number of nitrogens with two attached hydrogens (primary N) is 1. The van der Waals surface area contributed by atoms with Crippen molar-refractivity contribution in [3.63, 3.8) is 0 Å². The zero-order valence-electron chi connectivity index (χ0n) is 16.5. The maximum Gasteiger partial charge on any atom is 0.244 e. The van der Waals surface area contributed by atoms with E-state index in [2.05, 4.69) is 23.2 Å². The Morgan fingerprint density at radius 3 is 2.77 bits per heavy atom. The Balaban J connectivity index is 1.61. The normalized spacial score (nSPS) is 15.3. The molecule has 7 heteroatoms. The number of nitriles is 1. The van der Waals surface area contributed by atoms with E-state index in [1.807, 2.05) is 30.3 Å². The molecular weight excluding hydrogens is 383 g/mol. The van der Waals surface area contributed by atoms with Crippen LogP contribution in [0.15, 0.2) is 60.0 Å². The number of hydrogen-bond donors (Lipinski definition) is 2. The van der Waals surface area contributed by atoms with Crippen molar-refractivity contribution in [3.05, 3.63) is 88.2 Å². The zero-order chi connectivity index (χ0) is 21.1. The number of H-pyrrole nitrogens is 1. The zero-order valence-corrected chi connectivity index (χ0v) is 16.5. The smallest absolute Gasteiger partial charge is 0.244 e. The van der Waals surface area contributed by atoms with E-state index in [0.29, 0.717) is 17.2 Å². The molecular formula is C23H21FN4O2. The van der Waals surface area contributed by atoms with Crippen molar-refractivity contribution in [2.75, 3.05) is 0 Å². The molecule has 0 spiro atoms. The molecule has 30 heavy (non-hydrogen) atoms. The summed E-state index contributed by atoms with van der Waals surface area (Å²) in [5, 5.41) is 17.0. The van der Waals surface area contributed by atoms with Gasteiger partial charge in [-0.05, 0) is 41.8 Å². The number of nitrogens with zero attached hydrogens (tertiary/aromatic N) is 2. The van der Waals surface area contributed by atoms with Crippen LogP contribution in [-0.2, 0) is 13.0 Å². The van der Waals surface area contributed by atoms with Crippen LogP contribution in [0.1, 0.15) is 41.6 Å². The molecule has 152 valence electrons. The monoisotopic (exact) mass is 404 g/mol. The highest BCUT2D eigenvalue weighted by molar-refractivity contribution is 5.55. The van der Waals surface area contributed by atoms with E-state index in [0.717, 1.165) is 35.2 Å². The van der Waals surface area contributed by atoms with Gasteiger partial charge in [0.25, 0.3) is 0 Å².